The van der Waals surface area contributed by atoms with Crippen molar-refractivity contribution in [1.82, 2.24) is 15.2 Å². The van der Waals surface area contributed by atoms with Crippen molar-refractivity contribution in [3.8, 4) is 22.6 Å². The van der Waals surface area contributed by atoms with E-state index >= 15 is 0 Å². The lowest BCUT2D eigenvalue weighted by Crippen LogP contribution is -2.46. The summed E-state index contributed by atoms with van der Waals surface area (Å²) >= 11 is 12.6. The molecule has 1 aromatic heterocycles. The molecule has 0 spiro atoms. The molecule has 1 aliphatic rings. The van der Waals surface area contributed by atoms with Gasteiger partial charge < -0.3 is 29.3 Å². The van der Waals surface area contributed by atoms with E-state index in [2.05, 4.69) is 15.2 Å². The van der Waals surface area contributed by atoms with Gasteiger partial charge in [0.15, 0.2) is 0 Å². The molecule has 2 heterocycles. The van der Waals surface area contributed by atoms with E-state index in [1.54, 1.807) is 19.3 Å². The smallest absolute Gasteiger partial charge is 0.410 e. The molecule has 242 valence electrons. The number of benzene rings is 2. The molecule has 1 fully saturated rings. The molecular formula is C34H42Cl2N4O5. The average molecular weight is 658 g/mol. The van der Waals surface area contributed by atoms with Crippen LogP contribution in [0.25, 0.3) is 11.1 Å². The molecule has 4 rings (SSSR count). The summed E-state index contributed by atoms with van der Waals surface area (Å²) in [5.74, 6) is 1.97. The van der Waals surface area contributed by atoms with E-state index in [-0.39, 0.29) is 12.1 Å². The maximum atomic E-state index is 12.7. The summed E-state index contributed by atoms with van der Waals surface area (Å²) < 4.78 is 17.2. The Balaban J connectivity index is 1.47. The number of nitrogens with zero attached hydrogens (tertiary/aromatic N) is 3. The Hall–Kier alpha value is -3.69. The molecule has 11 heteroatoms. The Morgan fingerprint density at radius 1 is 0.889 bits per heavy atom. The van der Waals surface area contributed by atoms with Crippen LogP contribution in [0.3, 0.4) is 0 Å². The number of anilines is 1. The van der Waals surface area contributed by atoms with Gasteiger partial charge in [0, 0.05) is 42.8 Å². The molecule has 0 aliphatic carbocycles. The van der Waals surface area contributed by atoms with E-state index in [0.29, 0.717) is 28.1 Å². The lowest BCUT2D eigenvalue weighted by atomic mass is 10.0. The number of hydrogen-bond donors (Lipinski definition) is 1. The molecule has 9 nitrogen and oxygen atoms in total. The number of hydrogen-bond acceptors (Lipinski definition) is 7. The van der Waals surface area contributed by atoms with Crippen LogP contribution in [-0.2, 0) is 16.0 Å². The standard InChI is InChI=1S/C34H42Cl2N4O5/c1-33(2,3)44-31(41)38-27-10-12-40(13-11-27)30-9-8-28(20-37-30)43-29-15-22(21-39(7)32(42)45-34(4,5)6)14-23(18-29)24-16-25(35)19-26(36)17-24/h8-9,14-20,27H,10-13,21H2,1-7H3,(H,38,41). The third kappa shape index (κ3) is 10.7. The second-order valence-electron chi connectivity index (χ2n) is 13.2. The molecule has 0 unspecified atom stereocenters. The zero-order chi connectivity index (χ0) is 32.9. The Bertz CT molecular complexity index is 1470. The fraction of sp³-hybridized carbons (Fsp3) is 0.441. The van der Waals surface area contributed by atoms with E-state index in [0.717, 1.165) is 48.4 Å². The molecule has 0 atom stereocenters. The number of aromatic nitrogens is 1. The monoisotopic (exact) mass is 656 g/mol. The lowest BCUT2D eigenvalue weighted by Gasteiger charge is -2.33. The van der Waals surface area contributed by atoms with Gasteiger partial charge in [-0.25, -0.2) is 14.6 Å². The molecule has 1 aliphatic heterocycles. The van der Waals surface area contributed by atoms with Crippen molar-refractivity contribution >= 4 is 41.2 Å². The number of carbonyl (C=O) groups excluding carboxylic acids is 2. The fourth-order valence-electron chi connectivity index (χ4n) is 4.86. The van der Waals surface area contributed by atoms with Crippen LogP contribution in [-0.4, -0.2) is 59.5 Å². The molecule has 0 saturated carbocycles. The van der Waals surface area contributed by atoms with Crippen molar-refractivity contribution in [2.75, 3.05) is 25.0 Å². The molecular weight excluding hydrogens is 615 g/mol. The van der Waals surface area contributed by atoms with Gasteiger partial charge in [-0.15, -0.1) is 0 Å². The van der Waals surface area contributed by atoms with Crippen molar-refractivity contribution in [3.05, 3.63) is 70.3 Å². The highest BCUT2D eigenvalue weighted by atomic mass is 35.5. The third-order valence-electron chi connectivity index (χ3n) is 6.78. The van der Waals surface area contributed by atoms with Crippen LogP contribution in [0.4, 0.5) is 15.4 Å². The van der Waals surface area contributed by atoms with E-state index in [4.69, 9.17) is 37.4 Å². The van der Waals surface area contributed by atoms with Gasteiger partial charge in [-0.2, -0.15) is 0 Å². The number of carbonyl (C=O) groups is 2. The van der Waals surface area contributed by atoms with Crippen molar-refractivity contribution in [3.63, 3.8) is 0 Å². The maximum absolute atomic E-state index is 12.7. The second kappa shape index (κ2) is 14.2. The largest absolute Gasteiger partial charge is 0.456 e. The van der Waals surface area contributed by atoms with E-state index < -0.39 is 17.3 Å². The number of amides is 2. The minimum absolute atomic E-state index is 0.0592. The molecule has 3 aromatic rings. The molecule has 0 radical (unpaired) electrons. The van der Waals surface area contributed by atoms with Crippen LogP contribution in [0, 0.1) is 0 Å². The topological polar surface area (TPSA) is 93.2 Å². The molecule has 1 saturated heterocycles. The number of rotatable bonds is 7. The number of nitrogens with one attached hydrogen (secondary N) is 1. The summed E-state index contributed by atoms with van der Waals surface area (Å²) in [5.41, 5.74) is 1.35. The second-order valence-corrected chi connectivity index (χ2v) is 14.1. The molecule has 0 bridgehead atoms. The predicted octanol–water partition coefficient (Wildman–Crippen LogP) is 8.71. The molecule has 45 heavy (non-hydrogen) atoms. The number of ether oxygens (including phenoxy) is 3. The van der Waals surface area contributed by atoms with Crippen molar-refractivity contribution < 1.29 is 23.8 Å². The highest BCUT2D eigenvalue weighted by molar-refractivity contribution is 6.35. The van der Waals surface area contributed by atoms with Crippen molar-refractivity contribution in [2.24, 2.45) is 0 Å². The summed E-state index contributed by atoms with van der Waals surface area (Å²) in [6.45, 7) is 12.9. The van der Waals surface area contributed by atoms with Gasteiger partial charge >= 0.3 is 12.2 Å². The first-order valence-electron chi connectivity index (χ1n) is 15.0. The zero-order valence-corrected chi connectivity index (χ0v) is 28.5. The van der Waals surface area contributed by atoms with Gasteiger partial charge in [0.25, 0.3) is 0 Å². The van der Waals surface area contributed by atoms with E-state index in [9.17, 15) is 9.59 Å². The van der Waals surface area contributed by atoms with Gasteiger partial charge in [-0.3, -0.25) is 0 Å². The van der Waals surface area contributed by atoms with E-state index in [1.807, 2.05) is 84.0 Å². The quantitative estimate of drug-likeness (QED) is 0.272. The van der Waals surface area contributed by atoms with Crippen LogP contribution in [0.1, 0.15) is 59.9 Å². The highest BCUT2D eigenvalue weighted by Crippen LogP contribution is 2.33. The Kier molecular flexibility index (Phi) is 10.8. The minimum Gasteiger partial charge on any atom is -0.456 e. The van der Waals surface area contributed by atoms with Crippen LogP contribution in [0.5, 0.6) is 11.5 Å². The van der Waals surface area contributed by atoms with Crippen LogP contribution in [0.15, 0.2) is 54.7 Å². The SMILES string of the molecule is CN(Cc1cc(Oc2ccc(N3CCC(NC(=O)OC(C)(C)C)CC3)nc2)cc(-c2cc(Cl)cc(Cl)c2)c1)C(=O)OC(C)(C)C. The van der Waals surface area contributed by atoms with Crippen LogP contribution >= 0.6 is 23.2 Å². The summed E-state index contributed by atoms with van der Waals surface area (Å²) in [7, 11) is 1.69. The third-order valence-corrected chi connectivity index (χ3v) is 7.22. The first kappa shape index (κ1) is 34.2. The van der Waals surface area contributed by atoms with Crippen molar-refractivity contribution in [1.29, 1.82) is 0 Å². The molecule has 2 aromatic carbocycles. The Morgan fingerprint density at radius 2 is 1.51 bits per heavy atom. The van der Waals surface area contributed by atoms with E-state index in [1.165, 1.54) is 4.90 Å². The summed E-state index contributed by atoms with van der Waals surface area (Å²) in [6, 6.07) is 15.0. The van der Waals surface area contributed by atoms with Gasteiger partial charge in [0.05, 0.1) is 6.20 Å². The maximum Gasteiger partial charge on any atom is 0.410 e. The molecule has 2 amide bonds. The fourth-order valence-corrected chi connectivity index (χ4v) is 5.39. The predicted molar refractivity (Wildman–Crippen MR) is 179 cm³/mol. The number of alkyl carbamates (subject to hydrolysis) is 1. The van der Waals surface area contributed by atoms with Gasteiger partial charge in [-0.05, 0) is 120 Å². The number of piperidine rings is 1. The van der Waals surface area contributed by atoms with Crippen molar-refractivity contribution in [2.45, 2.75) is 78.2 Å². The first-order chi connectivity index (χ1) is 21.0. The minimum atomic E-state index is -0.606. The summed E-state index contributed by atoms with van der Waals surface area (Å²) in [6.07, 6.45) is 2.46. The zero-order valence-electron chi connectivity index (χ0n) is 26.9. The van der Waals surface area contributed by atoms with Crippen LogP contribution < -0.4 is 15.0 Å². The average Bonchev–Trinajstić information content (AvgIpc) is 2.91. The lowest BCUT2D eigenvalue weighted by molar-refractivity contribution is 0.0284. The molecule has 1 N–H and O–H groups in total. The number of halogens is 2. The summed E-state index contributed by atoms with van der Waals surface area (Å²) in [4.78, 5) is 33.2. The van der Waals surface area contributed by atoms with Gasteiger partial charge in [0.2, 0.25) is 0 Å². The Morgan fingerprint density at radius 3 is 2.09 bits per heavy atom. The van der Waals surface area contributed by atoms with Gasteiger partial charge in [-0.1, -0.05) is 23.2 Å². The van der Waals surface area contributed by atoms with Gasteiger partial charge in [0.1, 0.15) is 28.5 Å². The van der Waals surface area contributed by atoms with Crippen LogP contribution in [0.2, 0.25) is 10.0 Å². The highest BCUT2D eigenvalue weighted by Gasteiger charge is 2.24. The summed E-state index contributed by atoms with van der Waals surface area (Å²) in [5, 5.41) is 4.00. The number of pyridine rings is 1. The Labute approximate surface area is 275 Å². The normalized spacial score (nSPS) is 14.1. The first-order valence-corrected chi connectivity index (χ1v) is 15.7.